The van der Waals surface area contributed by atoms with E-state index in [4.69, 9.17) is 17.0 Å². The van der Waals surface area contributed by atoms with E-state index in [0.717, 1.165) is 5.75 Å². The molecular formula is C19H16N2O3S2. The SMILES string of the molecule is O=C1NC2C=CC=CC2/C1=C1/SC(=S)N(CCOc2ccccc2)C1=O. The molecule has 2 aliphatic heterocycles. The van der Waals surface area contributed by atoms with Crippen molar-refractivity contribution in [3.05, 3.63) is 65.1 Å². The summed E-state index contributed by atoms with van der Waals surface area (Å²) in [5, 5.41) is 2.91. The molecule has 0 aromatic heterocycles. The number of ether oxygens (including phenoxy) is 1. The summed E-state index contributed by atoms with van der Waals surface area (Å²) in [4.78, 5) is 27.2. The molecule has 1 aromatic carbocycles. The van der Waals surface area contributed by atoms with Gasteiger partial charge in [0.1, 0.15) is 16.7 Å². The molecule has 3 aliphatic rings. The van der Waals surface area contributed by atoms with E-state index in [9.17, 15) is 9.59 Å². The van der Waals surface area contributed by atoms with Crippen molar-refractivity contribution in [2.45, 2.75) is 6.04 Å². The Morgan fingerprint density at radius 1 is 1.15 bits per heavy atom. The fourth-order valence-corrected chi connectivity index (χ4v) is 4.60. The summed E-state index contributed by atoms with van der Waals surface area (Å²) >= 11 is 6.56. The van der Waals surface area contributed by atoms with Crippen molar-refractivity contribution >= 4 is 40.1 Å². The normalized spacial score (nSPS) is 27.1. The Kier molecular flexibility index (Phi) is 4.65. The number of fused-ring (bicyclic) bond motifs is 1. The number of rotatable bonds is 4. The minimum Gasteiger partial charge on any atom is -0.492 e. The van der Waals surface area contributed by atoms with Crippen LogP contribution in [0.4, 0.5) is 0 Å². The predicted molar refractivity (Wildman–Crippen MR) is 105 cm³/mol. The number of benzene rings is 1. The Labute approximate surface area is 160 Å². The lowest BCUT2D eigenvalue weighted by molar-refractivity contribution is -0.123. The molecule has 7 heteroatoms. The van der Waals surface area contributed by atoms with Gasteiger partial charge in [0.15, 0.2) is 0 Å². The molecule has 1 aliphatic carbocycles. The van der Waals surface area contributed by atoms with Crippen LogP contribution in [-0.2, 0) is 9.59 Å². The van der Waals surface area contributed by atoms with E-state index in [2.05, 4.69) is 5.32 Å². The molecule has 5 nitrogen and oxygen atoms in total. The first-order chi connectivity index (χ1) is 12.6. The zero-order chi connectivity index (χ0) is 18.1. The Balaban J connectivity index is 1.49. The molecule has 26 heavy (non-hydrogen) atoms. The average Bonchev–Trinajstić information content (AvgIpc) is 3.12. The third-order valence-corrected chi connectivity index (χ3v) is 5.90. The molecule has 2 heterocycles. The summed E-state index contributed by atoms with van der Waals surface area (Å²) in [5.41, 5.74) is 0.513. The number of thiocarbonyl (C=S) groups is 1. The second-order valence-electron chi connectivity index (χ2n) is 6.02. The molecule has 0 bridgehead atoms. The average molecular weight is 384 g/mol. The Hall–Kier alpha value is -2.38. The molecule has 2 unspecified atom stereocenters. The number of hydrogen-bond acceptors (Lipinski definition) is 5. The lowest BCUT2D eigenvalue weighted by Crippen LogP contribution is -2.32. The van der Waals surface area contributed by atoms with E-state index < -0.39 is 0 Å². The van der Waals surface area contributed by atoms with Gasteiger partial charge in [0.2, 0.25) is 5.91 Å². The van der Waals surface area contributed by atoms with Crippen molar-refractivity contribution < 1.29 is 14.3 Å². The molecule has 1 N–H and O–H groups in total. The van der Waals surface area contributed by atoms with Crippen molar-refractivity contribution in [3.8, 4) is 5.75 Å². The Bertz CT molecular complexity index is 861. The molecule has 1 aromatic rings. The fourth-order valence-electron chi connectivity index (χ4n) is 3.18. The molecule has 132 valence electrons. The number of allylic oxidation sites excluding steroid dienone is 2. The van der Waals surface area contributed by atoms with Crippen LogP contribution in [0.5, 0.6) is 5.75 Å². The topological polar surface area (TPSA) is 58.6 Å². The number of nitrogens with one attached hydrogen (secondary N) is 1. The van der Waals surface area contributed by atoms with Crippen molar-refractivity contribution in [3.63, 3.8) is 0 Å². The van der Waals surface area contributed by atoms with E-state index in [1.54, 1.807) is 0 Å². The number of thioether (sulfide) groups is 1. The summed E-state index contributed by atoms with van der Waals surface area (Å²) in [6, 6.07) is 9.32. The van der Waals surface area contributed by atoms with Crippen LogP contribution in [0.1, 0.15) is 0 Å². The zero-order valence-corrected chi connectivity index (χ0v) is 15.4. The molecule has 4 rings (SSSR count). The lowest BCUT2D eigenvalue weighted by atomic mass is 9.91. The first-order valence-corrected chi connectivity index (χ1v) is 9.49. The van der Waals surface area contributed by atoms with Crippen LogP contribution in [0.25, 0.3) is 0 Å². The number of hydrogen-bond donors (Lipinski definition) is 1. The van der Waals surface area contributed by atoms with Gasteiger partial charge in [-0.25, -0.2) is 0 Å². The molecule has 2 atom stereocenters. The fraction of sp³-hybridized carbons (Fsp3) is 0.211. The van der Waals surface area contributed by atoms with E-state index >= 15 is 0 Å². The van der Waals surface area contributed by atoms with Crippen molar-refractivity contribution in [1.82, 2.24) is 10.2 Å². The molecule has 0 radical (unpaired) electrons. The summed E-state index contributed by atoms with van der Waals surface area (Å²) in [7, 11) is 0. The third-order valence-electron chi connectivity index (χ3n) is 4.43. The van der Waals surface area contributed by atoms with Crippen molar-refractivity contribution in [1.29, 1.82) is 0 Å². The summed E-state index contributed by atoms with van der Waals surface area (Å²) in [5.74, 6) is 0.207. The quantitative estimate of drug-likeness (QED) is 0.638. The van der Waals surface area contributed by atoms with E-state index in [0.29, 0.717) is 28.0 Å². The highest BCUT2D eigenvalue weighted by Gasteiger charge is 2.43. The smallest absolute Gasteiger partial charge is 0.266 e. The zero-order valence-electron chi connectivity index (χ0n) is 13.8. The van der Waals surface area contributed by atoms with Gasteiger partial charge in [-0.3, -0.25) is 14.5 Å². The highest BCUT2D eigenvalue weighted by Crippen LogP contribution is 2.39. The van der Waals surface area contributed by atoms with Gasteiger partial charge in [0.05, 0.1) is 17.5 Å². The number of carbonyl (C=O) groups excluding carboxylic acids is 2. The van der Waals surface area contributed by atoms with Gasteiger partial charge in [-0.05, 0) is 12.1 Å². The first kappa shape index (κ1) is 17.1. The van der Waals surface area contributed by atoms with Crippen molar-refractivity contribution in [2.24, 2.45) is 5.92 Å². The predicted octanol–water partition coefficient (Wildman–Crippen LogP) is 2.42. The second-order valence-corrected chi connectivity index (χ2v) is 7.67. The summed E-state index contributed by atoms with van der Waals surface area (Å²) in [6.07, 6.45) is 7.68. The summed E-state index contributed by atoms with van der Waals surface area (Å²) in [6.45, 7) is 0.682. The van der Waals surface area contributed by atoms with E-state index in [1.807, 2.05) is 54.6 Å². The number of carbonyl (C=O) groups is 2. The van der Waals surface area contributed by atoms with Crippen LogP contribution in [0.3, 0.4) is 0 Å². The van der Waals surface area contributed by atoms with Gasteiger partial charge >= 0.3 is 0 Å². The van der Waals surface area contributed by atoms with Gasteiger partial charge in [0.25, 0.3) is 5.91 Å². The van der Waals surface area contributed by atoms with Gasteiger partial charge in [0, 0.05) is 11.5 Å². The minimum atomic E-state index is -0.217. The highest BCUT2D eigenvalue weighted by atomic mass is 32.2. The standard InChI is InChI=1S/C19H16N2O3S2/c22-17-15(13-8-4-5-9-14(13)20-17)16-18(23)21(19(25)26-16)10-11-24-12-6-2-1-3-7-12/h1-9,13-14H,10-11H2,(H,20,22)/b16-15-. The minimum absolute atomic E-state index is 0.0903. The molecular weight excluding hydrogens is 368 g/mol. The van der Waals surface area contributed by atoms with Gasteiger partial charge in [-0.15, -0.1) is 0 Å². The van der Waals surface area contributed by atoms with E-state index in [-0.39, 0.29) is 23.8 Å². The van der Waals surface area contributed by atoms with Crippen LogP contribution in [0, 0.1) is 5.92 Å². The van der Waals surface area contributed by atoms with Crippen LogP contribution < -0.4 is 10.1 Å². The van der Waals surface area contributed by atoms with Gasteiger partial charge < -0.3 is 10.1 Å². The van der Waals surface area contributed by atoms with Gasteiger partial charge in [-0.2, -0.15) is 0 Å². The first-order valence-electron chi connectivity index (χ1n) is 8.26. The maximum atomic E-state index is 12.8. The third kappa shape index (κ3) is 3.08. The van der Waals surface area contributed by atoms with Gasteiger partial charge in [-0.1, -0.05) is 66.5 Å². The van der Waals surface area contributed by atoms with Crippen LogP contribution in [-0.4, -0.2) is 40.2 Å². The number of nitrogens with zero attached hydrogens (tertiary/aromatic N) is 1. The highest BCUT2D eigenvalue weighted by molar-refractivity contribution is 8.26. The maximum Gasteiger partial charge on any atom is 0.266 e. The van der Waals surface area contributed by atoms with Crippen molar-refractivity contribution in [2.75, 3.05) is 13.2 Å². The number of para-hydroxylation sites is 1. The monoisotopic (exact) mass is 384 g/mol. The maximum absolute atomic E-state index is 12.8. The summed E-state index contributed by atoms with van der Waals surface area (Å²) < 4.78 is 6.11. The van der Waals surface area contributed by atoms with Crippen LogP contribution in [0.2, 0.25) is 0 Å². The Morgan fingerprint density at radius 2 is 1.92 bits per heavy atom. The van der Waals surface area contributed by atoms with E-state index in [1.165, 1.54) is 16.7 Å². The Morgan fingerprint density at radius 3 is 2.73 bits per heavy atom. The molecule has 0 saturated carbocycles. The second kappa shape index (κ2) is 7.09. The van der Waals surface area contributed by atoms with Crippen LogP contribution in [0.15, 0.2) is 65.1 Å². The molecule has 2 amide bonds. The largest absolute Gasteiger partial charge is 0.492 e. The molecule has 0 spiro atoms. The number of amides is 2. The molecule has 2 saturated heterocycles. The lowest BCUT2D eigenvalue weighted by Gasteiger charge is -2.16. The van der Waals surface area contributed by atoms with Crippen LogP contribution >= 0.6 is 24.0 Å². The molecule has 2 fully saturated rings.